The molecule has 1 atom stereocenters. The highest BCUT2D eigenvalue weighted by molar-refractivity contribution is 7.92. The predicted molar refractivity (Wildman–Crippen MR) is 158 cm³/mol. The van der Waals surface area contributed by atoms with Crippen LogP contribution in [-0.4, -0.2) is 50.4 Å². The highest BCUT2D eigenvalue weighted by Crippen LogP contribution is 2.30. The van der Waals surface area contributed by atoms with E-state index in [1.165, 1.54) is 42.3 Å². The van der Waals surface area contributed by atoms with E-state index in [-0.39, 0.29) is 33.1 Å². The van der Waals surface area contributed by atoms with Gasteiger partial charge in [-0.2, -0.15) is 0 Å². The maximum Gasteiger partial charge on any atom is 0.264 e. The number of halogens is 2. The molecular weight excluding hydrogens is 573 g/mol. The number of hydrogen-bond acceptors (Lipinski definition) is 5. The average Bonchev–Trinajstić information content (AvgIpc) is 2.88. The van der Waals surface area contributed by atoms with Gasteiger partial charge in [0, 0.05) is 22.1 Å². The Balaban J connectivity index is 2.07. The lowest BCUT2D eigenvalue weighted by Gasteiger charge is -2.33. The van der Waals surface area contributed by atoms with Gasteiger partial charge in [0.15, 0.2) is 0 Å². The zero-order chi connectivity index (χ0) is 29.7. The molecule has 8 nitrogen and oxygen atoms in total. The van der Waals surface area contributed by atoms with Gasteiger partial charge in [0.25, 0.3) is 10.0 Å². The molecule has 0 saturated carbocycles. The molecule has 0 aliphatic rings. The van der Waals surface area contributed by atoms with Gasteiger partial charge in [0.2, 0.25) is 11.8 Å². The Labute approximate surface area is 245 Å². The fourth-order valence-electron chi connectivity index (χ4n) is 3.96. The lowest BCUT2D eigenvalue weighted by molar-refractivity contribution is -0.140. The summed E-state index contributed by atoms with van der Waals surface area (Å²) >= 11 is 12.4. The molecule has 214 valence electrons. The van der Waals surface area contributed by atoms with E-state index >= 15 is 0 Å². The van der Waals surface area contributed by atoms with Crippen LogP contribution in [0.15, 0.2) is 77.7 Å². The third-order valence-electron chi connectivity index (χ3n) is 5.90. The van der Waals surface area contributed by atoms with Crippen molar-refractivity contribution in [3.63, 3.8) is 0 Å². The normalized spacial score (nSPS) is 12.4. The van der Waals surface area contributed by atoms with Crippen LogP contribution in [0.2, 0.25) is 10.0 Å². The van der Waals surface area contributed by atoms with Gasteiger partial charge < -0.3 is 15.0 Å². The van der Waals surface area contributed by atoms with Gasteiger partial charge in [-0.1, -0.05) is 53.5 Å². The Bertz CT molecular complexity index is 1440. The van der Waals surface area contributed by atoms with Gasteiger partial charge in [-0.15, -0.1) is 0 Å². The Morgan fingerprint density at radius 1 is 0.950 bits per heavy atom. The van der Waals surface area contributed by atoms with Crippen molar-refractivity contribution in [2.75, 3.05) is 18.0 Å². The zero-order valence-electron chi connectivity index (χ0n) is 23.0. The standard InChI is InChI=1S/C29H33Cl2N3O5S/c1-20(28(36)32-29(2,3)4)33(18-21-10-9-11-25(14-21)39-5)27(35)19-34(24-16-22(30)15-23(31)17-24)40(37,38)26-12-7-6-8-13-26/h6-17,20H,18-19H2,1-5H3,(H,32,36)/t20-/m0/s1. The number of rotatable bonds is 10. The number of amides is 2. The largest absolute Gasteiger partial charge is 0.497 e. The van der Waals surface area contributed by atoms with Crippen LogP contribution in [0.5, 0.6) is 5.75 Å². The molecule has 0 aromatic heterocycles. The Hall–Kier alpha value is -3.27. The predicted octanol–water partition coefficient (Wildman–Crippen LogP) is 5.53. The third-order valence-corrected chi connectivity index (χ3v) is 8.12. The molecule has 40 heavy (non-hydrogen) atoms. The number of ether oxygens (including phenoxy) is 1. The molecule has 0 bridgehead atoms. The Morgan fingerprint density at radius 2 is 1.57 bits per heavy atom. The first-order chi connectivity index (χ1) is 18.7. The molecule has 11 heteroatoms. The molecule has 0 heterocycles. The maximum atomic E-state index is 14.0. The molecular formula is C29H33Cl2N3O5S. The number of nitrogens with one attached hydrogen (secondary N) is 1. The van der Waals surface area contributed by atoms with Crippen LogP contribution in [0, 0.1) is 0 Å². The molecule has 0 unspecified atom stereocenters. The third kappa shape index (κ3) is 8.13. The van der Waals surface area contributed by atoms with Crippen molar-refractivity contribution >= 4 is 50.7 Å². The summed E-state index contributed by atoms with van der Waals surface area (Å²) in [5, 5.41) is 3.30. The number of carbonyl (C=O) groups excluding carboxylic acids is 2. The smallest absolute Gasteiger partial charge is 0.264 e. The van der Waals surface area contributed by atoms with Gasteiger partial charge in [0.05, 0.1) is 17.7 Å². The Morgan fingerprint density at radius 3 is 2.15 bits per heavy atom. The van der Waals surface area contributed by atoms with Gasteiger partial charge in [-0.3, -0.25) is 13.9 Å². The molecule has 0 aliphatic carbocycles. The lowest BCUT2D eigenvalue weighted by atomic mass is 10.1. The first kappa shape index (κ1) is 31.3. The van der Waals surface area contributed by atoms with Crippen LogP contribution in [0.25, 0.3) is 0 Å². The number of methoxy groups -OCH3 is 1. The van der Waals surface area contributed by atoms with Crippen molar-refractivity contribution in [3.8, 4) is 5.75 Å². The quantitative estimate of drug-likeness (QED) is 0.328. The zero-order valence-corrected chi connectivity index (χ0v) is 25.3. The average molecular weight is 607 g/mol. The van der Waals surface area contributed by atoms with E-state index in [9.17, 15) is 18.0 Å². The summed E-state index contributed by atoms with van der Waals surface area (Å²) in [6.07, 6.45) is 0. The van der Waals surface area contributed by atoms with Gasteiger partial charge in [-0.25, -0.2) is 8.42 Å². The number of sulfonamides is 1. The van der Waals surface area contributed by atoms with Crippen molar-refractivity contribution in [2.45, 2.75) is 50.7 Å². The van der Waals surface area contributed by atoms with E-state index in [4.69, 9.17) is 27.9 Å². The number of nitrogens with zero attached hydrogens (tertiary/aromatic N) is 2. The number of hydrogen-bond donors (Lipinski definition) is 1. The van der Waals surface area contributed by atoms with Crippen molar-refractivity contribution < 1.29 is 22.7 Å². The van der Waals surface area contributed by atoms with Crippen molar-refractivity contribution in [1.29, 1.82) is 0 Å². The van der Waals surface area contributed by atoms with E-state index in [1.807, 2.05) is 20.8 Å². The van der Waals surface area contributed by atoms with Crippen LogP contribution < -0.4 is 14.4 Å². The topological polar surface area (TPSA) is 96.0 Å². The first-order valence-electron chi connectivity index (χ1n) is 12.5. The summed E-state index contributed by atoms with van der Waals surface area (Å²) < 4.78 is 33.9. The minimum atomic E-state index is -4.23. The molecule has 0 saturated heterocycles. The van der Waals surface area contributed by atoms with E-state index in [2.05, 4.69) is 5.32 Å². The summed E-state index contributed by atoms with van der Waals surface area (Å²) in [5.41, 5.74) is 0.269. The van der Waals surface area contributed by atoms with E-state index in [0.29, 0.717) is 11.3 Å². The van der Waals surface area contributed by atoms with Crippen LogP contribution >= 0.6 is 23.2 Å². The van der Waals surface area contributed by atoms with Gasteiger partial charge in [-0.05, 0) is 75.7 Å². The lowest BCUT2D eigenvalue weighted by Crippen LogP contribution is -2.54. The number of carbonyl (C=O) groups is 2. The molecule has 3 rings (SSSR count). The molecule has 3 aromatic rings. The SMILES string of the molecule is COc1cccc(CN(C(=O)CN(c2cc(Cl)cc(Cl)c2)S(=O)(=O)c2ccccc2)[C@@H](C)C(=O)NC(C)(C)C)c1. The van der Waals surface area contributed by atoms with Crippen molar-refractivity contribution in [1.82, 2.24) is 10.2 Å². The van der Waals surface area contributed by atoms with E-state index in [1.54, 1.807) is 49.4 Å². The first-order valence-corrected chi connectivity index (χ1v) is 14.7. The van der Waals surface area contributed by atoms with Crippen LogP contribution in [0.3, 0.4) is 0 Å². The number of benzene rings is 3. The van der Waals surface area contributed by atoms with E-state index < -0.39 is 34.1 Å². The van der Waals surface area contributed by atoms with Crippen LogP contribution in [0.4, 0.5) is 5.69 Å². The molecule has 0 fully saturated rings. The summed E-state index contributed by atoms with van der Waals surface area (Å²) in [7, 11) is -2.69. The molecule has 2 amide bonds. The van der Waals surface area contributed by atoms with Crippen LogP contribution in [-0.2, 0) is 26.2 Å². The molecule has 0 radical (unpaired) electrons. The molecule has 0 aliphatic heterocycles. The molecule has 1 N–H and O–H groups in total. The fraction of sp³-hybridized carbons (Fsp3) is 0.310. The second-order valence-corrected chi connectivity index (χ2v) is 13.0. The fourth-order valence-corrected chi connectivity index (χ4v) is 5.89. The van der Waals surface area contributed by atoms with Crippen molar-refractivity contribution in [3.05, 3.63) is 88.4 Å². The summed E-state index contributed by atoms with van der Waals surface area (Å²) in [5.74, 6) is -0.402. The van der Waals surface area contributed by atoms with Crippen LogP contribution in [0.1, 0.15) is 33.3 Å². The monoisotopic (exact) mass is 605 g/mol. The molecule has 0 spiro atoms. The highest BCUT2D eigenvalue weighted by atomic mass is 35.5. The highest BCUT2D eigenvalue weighted by Gasteiger charge is 2.33. The maximum absolute atomic E-state index is 14.0. The second-order valence-electron chi connectivity index (χ2n) is 10.2. The number of anilines is 1. The summed E-state index contributed by atoms with van der Waals surface area (Å²) in [6, 6.07) is 18.2. The Kier molecular flexibility index (Phi) is 10.1. The van der Waals surface area contributed by atoms with Crippen molar-refractivity contribution in [2.24, 2.45) is 0 Å². The second kappa shape index (κ2) is 12.9. The minimum absolute atomic E-state index is 0.0169. The van der Waals surface area contributed by atoms with E-state index in [0.717, 1.165) is 4.31 Å². The summed E-state index contributed by atoms with van der Waals surface area (Å²) in [4.78, 5) is 28.5. The molecule has 3 aromatic carbocycles. The summed E-state index contributed by atoms with van der Waals surface area (Å²) in [6.45, 7) is 6.54. The minimum Gasteiger partial charge on any atom is -0.497 e. The van der Waals surface area contributed by atoms with Gasteiger partial charge >= 0.3 is 0 Å². The van der Waals surface area contributed by atoms with Gasteiger partial charge in [0.1, 0.15) is 18.3 Å².